The Morgan fingerprint density at radius 1 is 1.24 bits per heavy atom. The zero-order chi connectivity index (χ0) is 24.1. The number of rotatable bonds is 4. The Balaban J connectivity index is 1.83. The Hall–Kier alpha value is -2.23. The Labute approximate surface area is 204 Å². The first-order chi connectivity index (χ1) is 15.4. The van der Waals surface area contributed by atoms with E-state index in [1.807, 2.05) is 26.0 Å². The number of likely N-dealkylation sites (N-methyl/N-ethyl adjacent to an activating group) is 1. The van der Waals surface area contributed by atoms with Crippen molar-refractivity contribution in [3.8, 4) is 0 Å². The fourth-order valence-electron chi connectivity index (χ4n) is 5.02. The molecule has 2 fully saturated rings. The molecule has 2 aromatic heterocycles. The predicted octanol–water partition coefficient (Wildman–Crippen LogP) is 3.95. The summed E-state index contributed by atoms with van der Waals surface area (Å²) in [6.45, 7) is 13.1. The van der Waals surface area contributed by atoms with Crippen molar-refractivity contribution in [3.05, 3.63) is 44.7 Å². The smallest absolute Gasteiger partial charge is 0.267 e. The Bertz CT molecular complexity index is 1220. The second-order valence-corrected chi connectivity index (χ2v) is 11.9. The van der Waals surface area contributed by atoms with Crippen LogP contribution in [0.2, 0.25) is 0 Å². The minimum atomic E-state index is -0.208. The molecule has 0 radical (unpaired) electrons. The van der Waals surface area contributed by atoms with E-state index in [1.165, 1.54) is 11.8 Å². The third kappa shape index (κ3) is 4.85. The molecule has 2 saturated heterocycles. The number of nitrogens with one attached hydrogen (secondary N) is 2. The molecule has 2 aliphatic heterocycles. The van der Waals surface area contributed by atoms with Crippen molar-refractivity contribution in [1.82, 2.24) is 19.6 Å². The lowest BCUT2D eigenvalue weighted by Crippen LogP contribution is -2.60. The molecule has 4 heterocycles. The first-order valence-corrected chi connectivity index (χ1v) is 12.5. The summed E-state index contributed by atoms with van der Waals surface area (Å²) in [5.74, 6) is 0.334. The van der Waals surface area contributed by atoms with Crippen LogP contribution in [0.25, 0.3) is 11.7 Å². The van der Waals surface area contributed by atoms with E-state index >= 15 is 0 Å². The molecule has 176 valence electrons. The van der Waals surface area contributed by atoms with Crippen molar-refractivity contribution in [2.75, 3.05) is 11.9 Å². The summed E-state index contributed by atoms with van der Waals surface area (Å²) < 4.78 is 2.05. The first kappa shape index (κ1) is 23.9. The highest BCUT2D eigenvalue weighted by Crippen LogP contribution is 2.34. The van der Waals surface area contributed by atoms with Gasteiger partial charge in [-0.2, -0.15) is 0 Å². The third-order valence-electron chi connectivity index (χ3n) is 6.00. The van der Waals surface area contributed by atoms with Crippen LogP contribution in [0.1, 0.15) is 58.6 Å². The van der Waals surface area contributed by atoms with Gasteiger partial charge in [0.05, 0.1) is 10.5 Å². The van der Waals surface area contributed by atoms with Crippen molar-refractivity contribution >= 4 is 51.7 Å². The van der Waals surface area contributed by atoms with Gasteiger partial charge in [0, 0.05) is 29.9 Å². The molecule has 2 aromatic rings. The maximum atomic E-state index is 13.6. The minimum absolute atomic E-state index is 0.0634. The number of piperidine rings is 1. The molecule has 33 heavy (non-hydrogen) atoms. The van der Waals surface area contributed by atoms with Crippen molar-refractivity contribution in [2.45, 2.75) is 71.5 Å². The van der Waals surface area contributed by atoms with Gasteiger partial charge in [-0.3, -0.25) is 18.9 Å². The van der Waals surface area contributed by atoms with Gasteiger partial charge < -0.3 is 10.6 Å². The highest BCUT2D eigenvalue weighted by molar-refractivity contribution is 8.26. The van der Waals surface area contributed by atoms with Gasteiger partial charge in [-0.25, -0.2) is 4.98 Å². The van der Waals surface area contributed by atoms with Crippen LogP contribution >= 0.6 is 24.0 Å². The fraction of sp³-hybridized carbons (Fsp3) is 0.500. The number of aryl methyl sites for hydroxylation is 1. The summed E-state index contributed by atoms with van der Waals surface area (Å²) in [4.78, 5) is 33.2. The van der Waals surface area contributed by atoms with E-state index in [4.69, 9.17) is 17.2 Å². The molecule has 1 amide bonds. The number of fused-ring (bicyclic) bond motifs is 1. The number of anilines is 1. The average molecular weight is 486 g/mol. The number of aromatic nitrogens is 2. The van der Waals surface area contributed by atoms with Crippen molar-refractivity contribution in [3.63, 3.8) is 0 Å². The van der Waals surface area contributed by atoms with Crippen molar-refractivity contribution in [1.29, 1.82) is 0 Å². The Morgan fingerprint density at radius 3 is 2.52 bits per heavy atom. The standard InChI is InChI=1S/C24H31N5O2S2/c1-7-28-21(31)17(33-22(28)32)10-16-19(25-15-11-23(3,4)27-24(5,6)12-15)26-18-9-8-14(2)13-29(18)20(16)30/h8-10,13,15,25,27H,7,11-12H2,1-6H3. The molecule has 0 aliphatic carbocycles. The first-order valence-electron chi connectivity index (χ1n) is 11.2. The molecule has 2 aliphatic rings. The summed E-state index contributed by atoms with van der Waals surface area (Å²) in [5, 5.41) is 7.24. The number of carbonyl (C=O) groups excluding carboxylic acids is 1. The van der Waals surface area contributed by atoms with Gasteiger partial charge in [0.1, 0.15) is 15.8 Å². The fourth-order valence-corrected chi connectivity index (χ4v) is 6.39. The summed E-state index contributed by atoms with van der Waals surface area (Å²) in [6.07, 6.45) is 5.18. The molecule has 0 unspecified atom stereocenters. The van der Waals surface area contributed by atoms with Gasteiger partial charge in [0.25, 0.3) is 11.5 Å². The quantitative estimate of drug-likeness (QED) is 0.502. The summed E-state index contributed by atoms with van der Waals surface area (Å²) >= 11 is 6.58. The Kier molecular flexibility index (Phi) is 6.18. The van der Waals surface area contributed by atoms with Crippen molar-refractivity contribution in [2.24, 2.45) is 0 Å². The van der Waals surface area contributed by atoms with Crippen LogP contribution in [0.3, 0.4) is 0 Å². The van der Waals surface area contributed by atoms with Gasteiger partial charge in [-0.15, -0.1) is 0 Å². The molecule has 0 saturated carbocycles. The van der Waals surface area contributed by atoms with Gasteiger partial charge >= 0.3 is 0 Å². The number of hydrogen-bond donors (Lipinski definition) is 2. The highest BCUT2D eigenvalue weighted by Gasteiger charge is 2.38. The van der Waals surface area contributed by atoms with Gasteiger partial charge in [-0.05, 0) is 72.1 Å². The molecule has 2 N–H and O–H groups in total. The SMILES string of the molecule is CCN1C(=O)C(=Cc2c(NC3CC(C)(C)NC(C)(C)C3)nc3ccc(C)cn3c2=O)SC1=S. The largest absolute Gasteiger partial charge is 0.366 e. The van der Waals surface area contributed by atoms with Crippen LogP contribution in [0, 0.1) is 6.92 Å². The lowest BCUT2D eigenvalue weighted by atomic mass is 9.79. The normalized spacial score (nSPS) is 21.9. The van der Waals surface area contributed by atoms with E-state index in [9.17, 15) is 9.59 Å². The lowest BCUT2D eigenvalue weighted by molar-refractivity contribution is -0.121. The zero-order valence-corrected chi connectivity index (χ0v) is 21.6. The number of thioether (sulfide) groups is 1. The lowest BCUT2D eigenvalue weighted by Gasteiger charge is -2.46. The molecule has 4 rings (SSSR count). The average Bonchev–Trinajstić information content (AvgIpc) is 2.95. The van der Waals surface area contributed by atoms with E-state index in [1.54, 1.807) is 21.6 Å². The maximum absolute atomic E-state index is 13.6. The van der Waals surface area contributed by atoms with Crippen LogP contribution in [0.4, 0.5) is 5.82 Å². The van der Waals surface area contributed by atoms with Gasteiger partial charge in [0.15, 0.2) is 0 Å². The van der Waals surface area contributed by atoms with Crippen LogP contribution in [0.15, 0.2) is 28.0 Å². The molecular weight excluding hydrogens is 454 g/mol. The van der Waals surface area contributed by atoms with Crippen molar-refractivity contribution < 1.29 is 4.79 Å². The topological polar surface area (TPSA) is 78.7 Å². The summed E-state index contributed by atoms with van der Waals surface area (Å²) in [7, 11) is 0. The minimum Gasteiger partial charge on any atom is -0.366 e. The Morgan fingerprint density at radius 2 is 1.91 bits per heavy atom. The second-order valence-electron chi connectivity index (χ2n) is 10.2. The number of pyridine rings is 1. The summed E-state index contributed by atoms with van der Waals surface area (Å²) in [5.41, 5.74) is 1.57. The molecular formula is C24H31N5O2S2. The van der Waals surface area contributed by atoms with E-state index in [-0.39, 0.29) is 28.6 Å². The van der Waals surface area contributed by atoms with Crippen LogP contribution in [-0.4, -0.2) is 48.2 Å². The van der Waals surface area contributed by atoms with Gasteiger partial charge in [-0.1, -0.05) is 30.0 Å². The zero-order valence-electron chi connectivity index (χ0n) is 20.0. The maximum Gasteiger partial charge on any atom is 0.267 e. The number of nitrogens with zero attached hydrogens (tertiary/aromatic N) is 3. The molecule has 0 spiro atoms. The van der Waals surface area contributed by atoms with Gasteiger partial charge in [0.2, 0.25) is 0 Å². The summed E-state index contributed by atoms with van der Waals surface area (Å²) in [6, 6.07) is 3.90. The molecule has 0 aromatic carbocycles. The van der Waals surface area contributed by atoms with E-state index in [0.717, 1.165) is 18.4 Å². The molecule has 9 heteroatoms. The second kappa shape index (κ2) is 8.52. The predicted molar refractivity (Wildman–Crippen MR) is 140 cm³/mol. The van der Waals surface area contributed by atoms with E-state index < -0.39 is 0 Å². The number of hydrogen-bond acceptors (Lipinski definition) is 7. The van der Waals surface area contributed by atoms with E-state index in [0.29, 0.717) is 32.8 Å². The number of thiocarbonyl (C=S) groups is 1. The number of carbonyl (C=O) groups is 1. The molecule has 0 bridgehead atoms. The molecule has 7 nitrogen and oxygen atoms in total. The van der Waals surface area contributed by atoms with E-state index in [2.05, 4.69) is 38.3 Å². The third-order valence-corrected chi connectivity index (χ3v) is 7.38. The van der Waals surface area contributed by atoms with Crippen LogP contribution in [0.5, 0.6) is 0 Å². The number of amides is 1. The van der Waals surface area contributed by atoms with Crippen LogP contribution in [-0.2, 0) is 4.79 Å². The molecule has 0 atom stereocenters. The monoisotopic (exact) mass is 485 g/mol. The highest BCUT2D eigenvalue weighted by atomic mass is 32.2. The van der Waals surface area contributed by atoms with Crippen LogP contribution < -0.4 is 16.2 Å².